The number of methoxy groups -OCH3 is 1. The maximum Gasteiger partial charge on any atom is 0.322 e. The van der Waals surface area contributed by atoms with Crippen LogP contribution in [0.3, 0.4) is 0 Å². The fraction of sp³-hybridized carbons (Fsp3) is 0.350. The summed E-state index contributed by atoms with van der Waals surface area (Å²) in [5, 5.41) is 12.8. The summed E-state index contributed by atoms with van der Waals surface area (Å²) >= 11 is 0. The van der Waals surface area contributed by atoms with E-state index in [1.807, 2.05) is 30.0 Å². The minimum atomic E-state index is -0.833. The molecule has 0 saturated carbocycles. The van der Waals surface area contributed by atoms with Gasteiger partial charge >= 0.3 is 6.01 Å². The maximum atomic E-state index is 9.00. The minimum Gasteiger partial charge on any atom is -0.481 e. The van der Waals surface area contributed by atoms with Gasteiger partial charge in [0.1, 0.15) is 0 Å². The van der Waals surface area contributed by atoms with E-state index in [0.29, 0.717) is 25.1 Å². The summed E-state index contributed by atoms with van der Waals surface area (Å²) in [6, 6.07) is 8.35. The highest BCUT2D eigenvalue weighted by molar-refractivity contribution is 6.00. The average molecular weight is 427 g/mol. The van der Waals surface area contributed by atoms with Crippen LogP contribution in [0.5, 0.6) is 6.01 Å². The standard InChI is InChI=1S/C18H21N7O2.C2H4O2/c1-12-14(13-5-3-4-6-15(13)20-12)11-19-24-16-21-17(23-18(22-16)26-2)25-7-9-27-10-8-25;1-2(3)4/h3-6,11,20H,7-10H2,1-2H3,(H,21,22,23,24);1H3,(H,3,4)/b19-11+;. The molecule has 164 valence electrons. The Morgan fingerprint density at radius 3 is 2.71 bits per heavy atom. The quantitative estimate of drug-likeness (QED) is 0.412. The molecule has 1 aromatic carbocycles. The second-order valence-electron chi connectivity index (χ2n) is 6.64. The summed E-state index contributed by atoms with van der Waals surface area (Å²) in [5.41, 5.74) is 6.03. The molecule has 0 radical (unpaired) electrons. The first-order valence-corrected chi connectivity index (χ1v) is 9.66. The molecule has 4 rings (SSSR count). The van der Waals surface area contributed by atoms with Gasteiger partial charge in [0.05, 0.1) is 26.5 Å². The highest BCUT2D eigenvalue weighted by atomic mass is 16.5. The molecule has 1 aliphatic rings. The fourth-order valence-corrected chi connectivity index (χ4v) is 3.01. The second kappa shape index (κ2) is 10.3. The van der Waals surface area contributed by atoms with Crippen LogP contribution in [-0.2, 0) is 9.53 Å². The molecule has 1 fully saturated rings. The molecule has 31 heavy (non-hydrogen) atoms. The van der Waals surface area contributed by atoms with Crippen LogP contribution in [0.25, 0.3) is 10.9 Å². The van der Waals surface area contributed by atoms with Crippen LogP contribution < -0.4 is 15.1 Å². The van der Waals surface area contributed by atoms with Crippen LogP contribution in [-0.4, -0.2) is 70.6 Å². The summed E-state index contributed by atoms with van der Waals surface area (Å²) in [5.74, 6) is 0.0446. The van der Waals surface area contributed by atoms with E-state index in [0.717, 1.165) is 42.2 Å². The Hall–Kier alpha value is -3.73. The number of hydrogen-bond acceptors (Lipinski definition) is 9. The third kappa shape index (κ3) is 5.89. The molecule has 11 heteroatoms. The number of aromatic nitrogens is 4. The van der Waals surface area contributed by atoms with Gasteiger partial charge < -0.3 is 24.5 Å². The van der Waals surface area contributed by atoms with Crippen LogP contribution in [0, 0.1) is 6.92 Å². The smallest absolute Gasteiger partial charge is 0.322 e. The van der Waals surface area contributed by atoms with E-state index in [1.54, 1.807) is 6.21 Å². The average Bonchev–Trinajstić information content (AvgIpc) is 3.09. The number of para-hydroxylation sites is 1. The summed E-state index contributed by atoms with van der Waals surface area (Å²) < 4.78 is 10.6. The number of anilines is 2. The Balaban J connectivity index is 0.000000628. The molecule has 0 aliphatic carbocycles. The molecule has 0 atom stereocenters. The summed E-state index contributed by atoms with van der Waals surface area (Å²) in [4.78, 5) is 27.4. The molecule has 0 bridgehead atoms. The molecule has 0 amide bonds. The first-order chi connectivity index (χ1) is 15.0. The molecule has 2 aromatic heterocycles. The Bertz CT molecular complexity index is 1060. The van der Waals surface area contributed by atoms with Crippen molar-refractivity contribution in [3.05, 3.63) is 35.5 Å². The molecule has 3 heterocycles. The van der Waals surface area contributed by atoms with Gasteiger partial charge in [0.2, 0.25) is 5.95 Å². The lowest BCUT2D eigenvalue weighted by molar-refractivity contribution is -0.134. The number of aryl methyl sites for hydroxylation is 1. The van der Waals surface area contributed by atoms with Crippen LogP contribution in [0.15, 0.2) is 29.4 Å². The van der Waals surface area contributed by atoms with Crippen molar-refractivity contribution in [1.29, 1.82) is 0 Å². The maximum absolute atomic E-state index is 9.00. The number of carbonyl (C=O) groups is 1. The van der Waals surface area contributed by atoms with E-state index in [2.05, 4.69) is 36.5 Å². The lowest BCUT2D eigenvalue weighted by Crippen LogP contribution is -2.37. The lowest BCUT2D eigenvalue weighted by atomic mass is 10.1. The molecule has 1 aliphatic heterocycles. The zero-order valence-electron chi connectivity index (χ0n) is 17.6. The van der Waals surface area contributed by atoms with Gasteiger partial charge in [0.15, 0.2) is 0 Å². The summed E-state index contributed by atoms with van der Waals surface area (Å²) in [6.45, 7) is 5.85. The monoisotopic (exact) mass is 427 g/mol. The first-order valence-electron chi connectivity index (χ1n) is 9.66. The minimum absolute atomic E-state index is 0.243. The fourth-order valence-electron chi connectivity index (χ4n) is 3.01. The van der Waals surface area contributed by atoms with Crippen molar-refractivity contribution in [2.24, 2.45) is 5.10 Å². The third-order valence-electron chi connectivity index (χ3n) is 4.38. The van der Waals surface area contributed by atoms with Gasteiger partial charge in [-0.1, -0.05) is 18.2 Å². The van der Waals surface area contributed by atoms with Crippen LogP contribution in [0.1, 0.15) is 18.2 Å². The lowest BCUT2D eigenvalue weighted by Gasteiger charge is -2.26. The number of aromatic amines is 1. The van der Waals surface area contributed by atoms with Crippen molar-refractivity contribution >= 4 is 35.0 Å². The summed E-state index contributed by atoms with van der Waals surface area (Å²) in [6.07, 6.45) is 1.76. The van der Waals surface area contributed by atoms with E-state index < -0.39 is 5.97 Å². The highest BCUT2D eigenvalue weighted by Crippen LogP contribution is 2.20. The Kier molecular flexibility index (Phi) is 7.33. The van der Waals surface area contributed by atoms with Crippen molar-refractivity contribution in [3.63, 3.8) is 0 Å². The first kappa shape index (κ1) is 22.0. The number of nitrogens with one attached hydrogen (secondary N) is 2. The van der Waals surface area contributed by atoms with Crippen molar-refractivity contribution in [3.8, 4) is 6.01 Å². The predicted molar refractivity (Wildman–Crippen MR) is 117 cm³/mol. The molecule has 0 spiro atoms. The number of rotatable bonds is 5. The molecule has 3 N–H and O–H groups in total. The largest absolute Gasteiger partial charge is 0.481 e. The zero-order chi connectivity index (χ0) is 22.2. The third-order valence-corrected chi connectivity index (χ3v) is 4.38. The van der Waals surface area contributed by atoms with Gasteiger partial charge in [-0.3, -0.25) is 4.79 Å². The number of hydrazone groups is 1. The molecule has 11 nitrogen and oxygen atoms in total. The number of fused-ring (bicyclic) bond motifs is 1. The van der Waals surface area contributed by atoms with Crippen molar-refractivity contribution in [1.82, 2.24) is 19.9 Å². The normalized spacial score (nSPS) is 13.7. The number of aliphatic carboxylic acids is 1. The molecule has 1 saturated heterocycles. The van der Waals surface area contributed by atoms with E-state index in [4.69, 9.17) is 19.4 Å². The van der Waals surface area contributed by atoms with Crippen molar-refractivity contribution in [2.45, 2.75) is 13.8 Å². The van der Waals surface area contributed by atoms with Crippen LogP contribution in [0.2, 0.25) is 0 Å². The molecular weight excluding hydrogens is 402 g/mol. The van der Waals surface area contributed by atoms with Crippen LogP contribution in [0.4, 0.5) is 11.9 Å². The Morgan fingerprint density at radius 2 is 2.00 bits per heavy atom. The number of ether oxygens (including phenoxy) is 2. The van der Waals surface area contributed by atoms with Crippen LogP contribution >= 0.6 is 0 Å². The number of morpholine rings is 1. The van der Waals surface area contributed by atoms with E-state index in [1.165, 1.54) is 7.11 Å². The Morgan fingerprint density at radius 1 is 1.29 bits per heavy atom. The topological polar surface area (TPSA) is 138 Å². The van der Waals surface area contributed by atoms with Gasteiger partial charge in [-0.2, -0.15) is 20.1 Å². The SMILES string of the molecule is CC(=O)O.COc1nc(N/N=C/c2c(C)[nH]c3ccccc23)nc(N2CCOCC2)n1. The molecule has 3 aromatic rings. The van der Waals surface area contributed by atoms with Gasteiger partial charge in [0.25, 0.3) is 11.9 Å². The zero-order valence-corrected chi connectivity index (χ0v) is 17.6. The predicted octanol–water partition coefficient (Wildman–Crippen LogP) is 2.04. The number of H-pyrrole nitrogens is 1. The van der Waals surface area contributed by atoms with E-state index >= 15 is 0 Å². The number of carboxylic acids is 1. The second-order valence-corrected chi connectivity index (χ2v) is 6.64. The van der Waals surface area contributed by atoms with Gasteiger partial charge in [-0.25, -0.2) is 5.43 Å². The van der Waals surface area contributed by atoms with Gasteiger partial charge in [-0.15, -0.1) is 0 Å². The summed E-state index contributed by atoms with van der Waals surface area (Å²) in [7, 11) is 1.53. The Labute approximate surface area is 179 Å². The number of hydrogen-bond donors (Lipinski definition) is 3. The van der Waals surface area contributed by atoms with Gasteiger partial charge in [0, 0.05) is 42.2 Å². The van der Waals surface area contributed by atoms with Crippen molar-refractivity contribution < 1.29 is 19.4 Å². The van der Waals surface area contributed by atoms with Gasteiger partial charge in [-0.05, 0) is 13.0 Å². The number of benzene rings is 1. The molecular formula is C20H25N7O4. The van der Waals surface area contributed by atoms with E-state index in [9.17, 15) is 0 Å². The highest BCUT2D eigenvalue weighted by Gasteiger charge is 2.16. The molecule has 0 unspecified atom stereocenters. The number of carboxylic acid groups (broad SMARTS) is 1. The number of nitrogens with zero attached hydrogens (tertiary/aromatic N) is 5. The van der Waals surface area contributed by atoms with Crippen molar-refractivity contribution in [2.75, 3.05) is 43.7 Å². The van der Waals surface area contributed by atoms with E-state index in [-0.39, 0.29) is 6.01 Å².